The maximum absolute atomic E-state index is 13.2. The van der Waals surface area contributed by atoms with Crippen molar-refractivity contribution >= 4 is 39.6 Å². The van der Waals surface area contributed by atoms with E-state index in [-0.39, 0.29) is 11.9 Å². The summed E-state index contributed by atoms with van der Waals surface area (Å²) in [5.41, 5.74) is -2.96. The molecular weight excluding hydrogens is 484 g/mol. The van der Waals surface area contributed by atoms with Gasteiger partial charge in [0.1, 0.15) is 10.6 Å². The summed E-state index contributed by atoms with van der Waals surface area (Å²) in [6.07, 6.45) is -9.96. The first-order chi connectivity index (χ1) is 16.0. The Morgan fingerprint density at radius 3 is 2.09 bits per heavy atom. The first-order valence-electron chi connectivity index (χ1n) is 9.48. The van der Waals surface area contributed by atoms with Crippen LogP contribution in [0.4, 0.5) is 37.8 Å². The number of hydrogen-bond donors (Lipinski definition) is 1. The van der Waals surface area contributed by atoms with Crippen molar-refractivity contribution in [3.63, 3.8) is 0 Å². The van der Waals surface area contributed by atoms with Crippen molar-refractivity contribution in [2.45, 2.75) is 12.4 Å². The highest BCUT2D eigenvalue weighted by molar-refractivity contribution is 7.17. The molecule has 2 heterocycles. The minimum atomic E-state index is -4.98. The molecule has 0 aliphatic rings. The fraction of sp³-hybridized carbons (Fsp3) is 0.136. The van der Waals surface area contributed by atoms with Crippen molar-refractivity contribution in [2.24, 2.45) is 0 Å². The summed E-state index contributed by atoms with van der Waals surface area (Å²) >= 11 is 1.11. The molecule has 0 spiro atoms. The highest BCUT2D eigenvalue weighted by atomic mass is 32.1. The van der Waals surface area contributed by atoms with Gasteiger partial charge in [-0.1, -0.05) is 24.3 Å². The van der Waals surface area contributed by atoms with Gasteiger partial charge >= 0.3 is 18.3 Å². The molecule has 0 fully saturated rings. The second-order valence-corrected chi connectivity index (χ2v) is 8.10. The van der Waals surface area contributed by atoms with Crippen molar-refractivity contribution in [1.29, 1.82) is 0 Å². The summed E-state index contributed by atoms with van der Waals surface area (Å²) in [7, 11) is 1.25. The molecule has 1 N–H and O–H groups in total. The van der Waals surface area contributed by atoms with Crippen LogP contribution in [0, 0.1) is 0 Å². The summed E-state index contributed by atoms with van der Waals surface area (Å²) < 4.78 is 83.9. The van der Waals surface area contributed by atoms with E-state index in [1.54, 1.807) is 36.4 Å². The maximum atomic E-state index is 13.2. The third kappa shape index (κ3) is 4.67. The molecule has 0 saturated carbocycles. The second-order valence-electron chi connectivity index (χ2n) is 7.02. The number of aromatic nitrogens is 2. The first kappa shape index (κ1) is 23.5. The SMILES string of the molecule is COC(=O)c1ccc(-c2nnc(Nc3cc(C(F)(F)F)cc(C(F)(F)F)c3)c3ccccc23)s1. The van der Waals surface area contributed by atoms with Crippen LogP contribution in [0.15, 0.2) is 54.6 Å². The summed E-state index contributed by atoms with van der Waals surface area (Å²) in [4.78, 5) is 12.7. The molecule has 34 heavy (non-hydrogen) atoms. The van der Waals surface area contributed by atoms with Crippen LogP contribution >= 0.6 is 11.3 Å². The Kier molecular flexibility index (Phi) is 5.94. The Bertz CT molecular complexity index is 1350. The lowest BCUT2D eigenvalue weighted by atomic mass is 10.1. The van der Waals surface area contributed by atoms with E-state index in [0.717, 1.165) is 11.3 Å². The molecule has 0 atom stereocenters. The number of nitrogens with zero attached hydrogens (tertiary/aromatic N) is 2. The van der Waals surface area contributed by atoms with E-state index in [1.807, 2.05) is 0 Å². The number of methoxy groups -OCH3 is 1. The van der Waals surface area contributed by atoms with Crippen LogP contribution in [-0.4, -0.2) is 23.3 Å². The third-order valence-corrected chi connectivity index (χ3v) is 5.84. The predicted molar refractivity (Wildman–Crippen MR) is 114 cm³/mol. The molecule has 0 unspecified atom stereocenters. The lowest BCUT2D eigenvalue weighted by molar-refractivity contribution is -0.143. The Labute approximate surface area is 192 Å². The number of fused-ring (bicyclic) bond motifs is 1. The number of benzene rings is 2. The number of esters is 1. The van der Waals surface area contributed by atoms with E-state index < -0.39 is 35.1 Å². The van der Waals surface area contributed by atoms with E-state index in [2.05, 4.69) is 15.5 Å². The number of carbonyl (C=O) groups is 1. The molecule has 4 rings (SSSR count). The first-order valence-corrected chi connectivity index (χ1v) is 10.3. The molecule has 12 heteroatoms. The predicted octanol–water partition coefficient (Wildman–Crippen LogP) is 6.93. The van der Waals surface area contributed by atoms with Crippen LogP contribution in [0.2, 0.25) is 0 Å². The molecule has 0 aliphatic carbocycles. The Balaban J connectivity index is 1.80. The zero-order valence-electron chi connectivity index (χ0n) is 17.1. The molecule has 0 radical (unpaired) electrons. The van der Waals surface area contributed by atoms with E-state index in [0.29, 0.717) is 38.4 Å². The largest absolute Gasteiger partial charge is 0.465 e. The van der Waals surface area contributed by atoms with Crippen LogP contribution in [0.5, 0.6) is 0 Å². The van der Waals surface area contributed by atoms with Gasteiger partial charge in [0.25, 0.3) is 0 Å². The number of nitrogens with one attached hydrogen (secondary N) is 1. The summed E-state index contributed by atoms with van der Waals surface area (Å²) in [6.45, 7) is 0. The van der Waals surface area contributed by atoms with Gasteiger partial charge in [-0.3, -0.25) is 0 Å². The Hall–Kier alpha value is -3.67. The monoisotopic (exact) mass is 497 g/mol. The van der Waals surface area contributed by atoms with Gasteiger partial charge in [-0.15, -0.1) is 21.5 Å². The minimum Gasteiger partial charge on any atom is -0.465 e. The third-order valence-electron chi connectivity index (χ3n) is 4.76. The zero-order valence-corrected chi connectivity index (χ0v) is 17.9. The number of thiophene rings is 1. The number of anilines is 2. The second kappa shape index (κ2) is 8.60. The number of rotatable bonds is 4. The van der Waals surface area contributed by atoms with Crippen LogP contribution in [0.25, 0.3) is 21.3 Å². The molecule has 0 amide bonds. The summed E-state index contributed by atoms with van der Waals surface area (Å²) in [5, 5.41) is 11.6. The van der Waals surface area contributed by atoms with Gasteiger partial charge in [-0.2, -0.15) is 26.3 Å². The topological polar surface area (TPSA) is 64.1 Å². The molecule has 2 aromatic heterocycles. The number of carbonyl (C=O) groups excluding carboxylic acids is 1. The van der Waals surface area contributed by atoms with Crippen molar-refractivity contribution < 1.29 is 35.9 Å². The van der Waals surface area contributed by atoms with Crippen molar-refractivity contribution in [3.05, 3.63) is 70.6 Å². The van der Waals surface area contributed by atoms with Gasteiger partial charge in [0.2, 0.25) is 0 Å². The maximum Gasteiger partial charge on any atom is 0.416 e. The van der Waals surface area contributed by atoms with Crippen molar-refractivity contribution in [2.75, 3.05) is 12.4 Å². The average Bonchev–Trinajstić information content (AvgIpc) is 3.27. The van der Waals surface area contributed by atoms with Crippen LogP contribution in [0.1, 0.15) is 20.8 Å². The fourth-order valence-corrected chi connectivity index (χ4v) is 4.14. The number of alkyl halides is 6. The highest BCUT2D eigenvalue weighted by Crippen LogP contribution is 2.39. The molecular formula is C22H13F6N3O2S. The molecule has 0 saturated heterocycles. The van der Waals surface area contributed by atoms with Gasteiger partial charge in [-0.05, 0) is 30.3 Å². The molecule has 4 aromatic rings. The number of halogens is 6. The normalized spacial score (nSPS) is 12.1. The van der Waals surface area contributed by atoms with E-state index in [4.69, 9.17) is 4.74 Å². The molecule has 5 nitrogen and oxygen atoms in total. The average molecular weight is 497 g/mol. The number of hydrogen-bond acceptors (Lipinski definition) is 6. The molecule has 176 valence electrons. The van der Waals surface area contributed by atoms with E-state index >= 15 is 0 Å². The Morgan fingerprint density at radius 2 is 1.50 bits per heavy atom. The van der Waals surface area contributed by atoms with Gasteiger partial charge in [-0.25, -0.2) is 4.79 Å². The smallest absolute Gasteiger partial charge is 0.416 e. The standard InChI is InChI=1S/C22H13F6N3O2S/c1-33-20(32)17-7-6-16(34-17)18-14-4-2-3-5-15(14)19(31-30-18)29-13-9-11(21(23,24)25)8-12(10-13)22(26,27)28/h2-10H,1H3,(H,29,31). The Morgan fingerprint density at radius 1 is 0.882 bits per heavy atom. The quantitative estimate of drug-likeness (QED) is 0.245. The van der Waals surface area contributed by atoms with Gasteiger partial charge < -0.3 is 10.1 Å². The summed E-state index contributed by atoms with van der Waals surface area (Å²) in [5.74, 6) is -0.562. The molecule has 0 bridgehead atoms. The summed E-state index contributed by atoms with van der Waals surface area (Å²) in [6, 6.07) is 11.0. The zero-order chi connectivity index (χ0) is 24.7. The van der Waals surface area contributed by atoms with E-state index in [9.17, 15) is 31.1 Å². The van der Waals surface area contributed by atoms with Crippen LogP contribution in [0.3, 0.4) is 0 Å². The lowest BCUT2D eigenvalue weighted by Crippen LogP contribution is -2.12. The van der Waals surface area contributed by atoms with Crippen LogP contribution in [-0.2, 0) is 17.1 Å². The van der Waals surface area contributed by atoms with E-state index in [1.165, 1.54) is 7.11 Å². The van der Waals surface area contributed by atoms with Crippen molar-refractivity contribution in [1.82, 2.24) is 10.2 Å². The van der Waals surface area contributed by atoms with Crippen molar-refractivity contribution in [3.8, 4) is 10.6 Å². The molecule has 2 aromatic carbocycles. The number of ether oxygens (including phenoxy) is 1. The lowest BCUT2D eigenvalue weighted by Gasteiger charge is -2.16. The van der Waals surface area contributed by atoms with Crippen LogP contribution < -0.4 is 5.32 Å². The highest BCUT2D eigenvalue weighted by Gasteiger charge is 2.37. The van der Waals surface area contributed by atoms with Gasteiger partial charge in [0.15, 0.2) is 5.82 Å². The minimum absolute atomic E-state index is 0.0310. The van der Waals surface area contributed by atoms with Gasteiger partial charge in [0, 0.05) is 16.5 Å². The fourth-order valence-electron chi connectivity index (χ4n) is 3.22. The molecule has 0 aliphatic heterocycles. The van der Waals surface area contributed by atoms with Gasteiger partial charge in [0.05, 0.1) is 23.1 Å².